The molecule has 0 aliphatic carbocycles. The summed E-state index contributed by atoms with van der Waals surface area (Å²) in [6, 6.07) is 9.43. The quantitative estimate of drug-likeness (QED) is 0.749. The number of ether oxygens (including phenoxy) is 1. The predicted molar refractivity (Wildman–Crippen MR) is 80.9 cm³/mol. The van der Waals surface area contributed by atoms with Crippen LogP contribution in [0.2, 0.25) is 0 Å². The number of urea groups is 1. The fourth-order valence-electron chi connectivity index (χ4n) is 2.54. The van der Waals surface area contributed by atoms with E-state index in [1.807, 2.05) is 30.3 Å². The first kappa shape index (κ1) is 15.8. The van der Waals surface area contributed by atoms with Gasteiger partial charge in [-0.3, -0.25) is 0 Å². The van der Waals surface area contributed by atoms with Crippen molar-refractivity contribution < 1.29 is 14.6 Å². The maximum absolute atomic E-state index is 12.0. The molecule has 5 nitrogen and oxygen atoms in total. The molecule has 1 aliphatic heterocycles. The van der Waals surface area contributed by atoms with Gasteiger partial charge < -0.3 is 20.5 Å². The van der Waals surface area contributed by atoms with E-state index >= 15 is 0 Å². The molecule has 3 atom stereocenters. The summed E-state index contributed by atoms with van der Waals surface area (Å²) < 4.78 is 5.42. The molecule has 2 rings (SSSR count). The molecule has 1 aliphatic rings. The van der Waals surface area contributed by atoms with Crippen molar-refractivity contribution in [2.24, 2.45) is 5.92 Å². The monoisotopic (exact) mass is 292 g/mol. The Balaban J connectivity index is 1.99. The Kier molecular flexibility index (Phi) is 6.02. The zero-order valence-electron chi connectivity index (χ0n) is 12.4. The Morgan fingerprint density at radius 3 is 2.76 bits per heavy atom. The Morgan fingerprint density at radius 2 is 2.14 bits per heavy atom. The van der Waals surface area contributed by atoms with E-state index in [0.29, 0.717) is 5.92 Å². The van der Waals surface area contributed by atoms with Crippen LogP contribution in [0.5, 0.6) is 0 Å². The van der Waals surface area contributed by atoms with Crippen molar-refractivity contribution in [2.75, 3.05) is 19.8 Å². The molecule has 2 unspecified atom stereocenters. The number of carbonyl (C=O) groups excluding carboxylic acids is 1. The highest BCUT2D eigenvalue weighted by atomic mass is 16.5. The van der Waals surface area contributed by atoms with Crippen molar-refractivity contribution in [3.63, 3.8) is 0 Å². The van der Waals surface area contributed by atoms with Crippen LogP contribution in [0.15, 0.2) is 30.3 Å². The number of aliphatic hydroxyl groups is 1. The zero-order valence-corrected chi connectivity index (χ0v) is 12.4. The number of nitrogens with one attached hydrogen (secondary N) is 2. The van der Waals surface area contributed by atoms with Crippen LogP contribution in [0.1, 0.15) is 31.4 Å². The first-order chi connectivity index (χ1) is 10.2. The summed E-state index contributed by atoms with van der Waals surface area (Å²) in [7, 11) is 0. The number of hydrogen-bond acceptors (Lipinski definition) is 3. The standard InChI is InChI=1S/C16H24N2O3/c1-12(10-19)17-16(20)18-15(9-13-7-8-21-11-13)14-5-3-2-4-6-14/h2-6,12-13,15,19H,7-11H2,1H3,(H2,17,18,20)/t12-,13?,15?/m0/s1. The predicted octanol–water partition coefficient (Wildman–Crippen LogP) is 1.83. The molecule has 0 aromatic heterocycles. The topological polar surface area (TPSA) is 70.6 Å². The van der Waals surface area contributed by atoms with Gasteiger partial charge in [0.15, 0.2) is 0 Å². The SMILES string of the molecule is C[C@@H](CO)NC(=O)NC(CC1CCOC1)c1ccccc1. The van der Waals surface area contributed by atoms with Crippen LogP contribution < -0.4 is 10.6 Å². The van der Waals surface area contributed by atoms with Gasteiger partial charge in [0.05, 0.1) is 18.7 Å². The van der Waals surface area contributed by atoms with Crippen LogP contribution in [-0.2, 0) is 4.74 Å². The zero-order chi connectivity index (χ0) is 15.1. The van der Waals surface area contributed by atoms with Crippen molar-refractivity contribution in [1.82, 2.24) is 10.6 Å². The van der Waals surface area contributed by atoms with Crippen molar-refractivity contribution in [1.29, 1.82) is 0 Å². The summed E-state index contributed by atoms with van der Waals surface area (Å²) in [4.78, 5) is 12.0. The lowest BCUT2D eigenvalue weighted by molar-refractivity contribution is 0.180. The molecule has 1 saturated heterocycles. The maximum atomic E-state index is 12.0. The molecule has 1 aromatic rings. The Bertz CT molecular complexity index is 432. The molecule has 2 amide bonds. The molecule has 0 saturated carbocycles. The molecule has 1 aromatic carbocycles. The molecular formula is C16H24N2O3. The van der Waals surface area contributed by atoms with Crippen LogP contribution in [0.25, 0.3) is 0 Å². The van der Waals surface area contributed by atoms with Crippen molar-refractivity contribution >= 4 is 6.03 Å². The van der Waals surface area contributed by atoms with Gasteiger partial charge in [0.25, 0.3) is 0 Å². The van der Waals surface area contributed by atoms with E-state index in [9.17, 15) is 4.79 Å². The third kappa shape index (κ3) is 5.02. The fourth-order valence-corrected chi connectivity index (χ4v) is 2.54. The van der Waals surface area contributed by atoms with Crippen LogP contribution in [0, 0.1) is 5.92 Å². The minimum Gasteiger partial charge on any atom is -0.394 e. The van der Waals surface area contributed by atoms with Crippen LogP contribution in [-0.4, -0.2) is 37.0 Å². The number of carbonyl (C=O) groups is 1. The molecular weight excluding hydrogens is 268 g/mol. The van der Waals surface area contributed by atoms with Gasteiger partial charge in [-0.25, -0.2) is 4.79 Å². The normalized spacial score (nSPS) is 20.8. The highest BCUT2D eigenvalue weighted by molar-refractivity contribution is 5.74. The molecule has 0 spiro atoms. The highest BCUT2D eigenvalue weighted by Gasteiger charge is 2.23. The highest BCUT2D eigenvalue weighted by Crippen LogP contribution is 2.26. The number of aliphatic hydroxyl groups excluding tert-OH is 1. The molecule has 1 fully saturated rings. The molecule has 1 heterocycles. The molecule has 5 heteroatoms. The van der Waals surface area contributed by atoms with Crippen LogP contribution >= 0.6 is 0 Å². The lowest BCUT2D eigenvalue weighted by atomic mass is 9.94. The lowest BCUT2D eigenvalue weighted by Gasteiger charge is -2.23. The average Bonchev–Trinajstić information content (AvgIpc) is 3.00. The molecule has 0 radical (unpaired) electrons. The van der Waals surface area contributed by atoms with Gasteiger partial charge in [-0.2, -0.15) is 0 Å². The van der Waals surface area contributed by atoms with Crippen molar-refractivity contribution in [3.8, 4) is 0 Å². The first-order valence-corrected chi connectivity index (χ1v) is 7.49. The van der Waals surface area contributed by atoms with E-state index in [1.165, 1.54) is 0 Å². The second-order valence-electron chi connectivity index (χ2n) is 5.63. The summed E-state index contributed by atoms with van der Waals surface area (Å²) in [6.07, 6.45) is 1.91. The summed E-state index contributed by atoms with van der Waals surface area (Å²) in [5.41, 5.74) is 1.09. The van der Waals surface area contributed by atoms with Gasteiger partial charge in [-0.15, -0.1) is 0 Å². The number of rotatable bonds is 6. The van der Waals surface area contributed by atoms with Gasteiger partial charge in [0.2, 0.25) is 0 Å². The van der Waals surface area contributed by atoms with E-state index in [4.69, 9.17) is 9.84 Å². The third-order valence-corrected chi connectivity index (χ3v) is 3.75. The smallest absolute Gasteiger partial charge is 0.315 e. The maximum Gasteiger partial charge on any atom is 0.315 e. The van der Waals surface area contributed by atoms with E-state index in [2.05, 4.69) is 10.6 Å². The molecule has 116 valence electrons. The Morgan fingerprint density at radius 1 is 1.38 bits per heavy atom. The summed E-state index contributed by atoms with van der Waals surface area (Å²) >= 11 is 0. The van der Waals surface area contributed by atoms with Crippen LogP contribution in [0.4, 0.5) is 4.79 Å². The van der Waals surface area contributed by atoms with Gasteiger partial charge in [0, 0.05) is 13.2 Å². The summed E-state index contributed by atoms with van der Waals surface area (Å²) in [6.45, 7) is 3.27. The molecule has 0 bridgehead atoms. The number of benzene rings is 1. The largest absolute Gasteiger partial charge is 0.394 e. The third-order valence-electron chi connectivity index (χ3n) is 3.75. The average molecular weight is 292 g/mol. The summed E-state index contributed by atoms with van der Waals surface area (Å²) in [5, 5.41) is 14.7. The van der Waals surface area contributed by atoms with Gasteiger partial charge in [-0.05, 0) is 31.2 Å². The molecule has 3 N–H and O–H groups in total. The Hall–Kier alpha value is -1.59. The number of amides is 2. The van der Waals surface area contributed by atoms with E-state index < -0.39 is 0 Å². The summed E-state index contributed by atoms with van der Waals surface area (Å²) in [5.74, 6) is 0.478. The first-order valence-electron chi connectivity index (χ1n) is 7.49. The van der Waals surface area contributed by atoms with Crippen molar-refractivity contribution in [2.45, 2.75) is 31.8 Å². The van der Waals surface area contributed by atoms with Gasteiger partial charge in [-0.1, -0.05) is 30.3 Å². The van der Waals surface area contributed by atoms with Gasteiger partial charge >= 0.3 is 6.03 Å². The van der Waals surface area contributed by atoms with Crippen molar-refractivity contribution in [3.05, 3.63) is 35.9 Å². The minimum absolute atomic E-state index is 0.0382. The second-order valence-corrected chi connectivity index (χ2v) is 5.63. The second kappa shape index (κ2) is 8.00. The van der Waals surface area contributed by atoms with Crippen LogP contribution in [0.3, 0.4) is 0 Å². The van der Waals surface area contributed by atoms with Gasteiger partial charge in [0.1, 0.15) is 0 Å². The van der Waals surface area contributed by atoms with E-state index in [0.717, 1.165) is 31.6 Å². The minimum atomic E-state index is -0.253. The fraction of sp³-hybridized carbons (Fsp3) is 0.562. The number of hydrogen-bond donors (Lipinski definition) is 3. The Labute approximate surface area is 125 Å². The van der Waals surface area contributed by atoms with E-state index in [1.54, 1.807) is 6.92 Å². The molecule has 21 heavy (non-hydrogen) atoms. The lowest BCUT2D eigenvalue weighted by Crippen LogP contribution is -2.44. The van der Waals surface area contributed by atoms with E-state index in [-0.39, 0.29) is 24.7 Å².